The van der Waals surface area contributed by atoms with Crippen LogP contribution in [-0.4, -0.2) is 5.11 Å². The lowest BCUT2D eigenvalue weighted by molar-refractivity contribution is 0.473. The van der Waals surface area contributed by atoms with Crippen molar-refractivity contribution in [3.05, 3.63) is 52.2 Å². The summed E-state index contributed by atoms with van der Waals surface area (Å²) in [6.45, 7) is 0.860. The number of rotatable bonds is 5. The molecule has 18 heavy (non-hydrogen) atoms. The summed E-state index contributed by atoms with van der Waals surface area (Å²) in [6, 6.07) is 12.3. The van der Waals surface area contributed by atoms with Gasteiger partial charge < -0.3 is 10.4 Å². The van der Waals surface area contributed by atoms with Crippen LogP contribution >= 0.6 is 11.3 Å². The molecule has 2 aromatic rings. The first-order valence-electron chi connectivity index (χ1n) is 6.37. The second kappa shape index (κ2) is 5.12. The molecule has 1 aromatic carbocycles. The van der Waals surface area contributed by atoms with Gasteiger partial charge in [0, 0.05) is 17.5 Å². The summed E-state index contributed by atoms with van der Waals surface area (Å²) in [6.07, 6.45) is 2.68. The van der Waals surface area contributed by atoms with Gasteiger partial charge in [0.2, 0.25) is 0 Å². The van der Waals surface area contributed by atoms with E-state index in [9.17, 15) is 5.11 Å². The SMILES string of the molecule is Oc1ccc(CNC(c2cccs2)C2CC2)cc1. The molecule has 1 atom stereocenters. The third kappa shape index (κ3) is 2.74. The Balaban J connectivity index is 1.65. The Morgan fingerprint density at radius 1 is 1.22 bits per heavy atom. The molecule has 0 saturated heterocycles. The maximum atomic E-state index is 9.26. The average Bonchev–Trinajstić information content (AvgIpc) is 3.07. The molecule has 1 unspecified atom stereocenters. The Morgan fingerprint density at radius 2 is 2.00 bits per heavy atom. The number of phenolic OH excluding ortho intramolecular Hbond substituents is 1. The fourth-order valence-corrected chi connectivity index (χ4v) is 3.13. The molecule has 2 nitrogen and oxygen atoms in total. The predicted octanol–water partition coefficient (Wildman–Crippen LogP) is 3.69. The molecule has 0 amide bonds. The van der Waals surface area contributed by atoms with Crippen molar-refractivity contribution in [3.63, 3.8) is 0 Å². The van der Waals surface area contributed by atoms with Gasteiger partial charge in [0.25, 0.3) is 0 Å². The van der Waals surface area contributed by atoms with Crippen LogP contribution in [0.15, 0.2) is 41.8 Å². The Kier molecular flexibility index (Phi) is 3.35. The molecule has 1 aliphatic carbocycles. The molecule has 3 heteroatoms. The molecule has 94 valence electrons. The Hall–Kier alpha value is -1.32. The monoisotopic (exact) mass is 259 g/mol. The highest BCUT2D eigenvalue weighted by atomic mass is 32.1. The molecule has 3 rings (SSSR count). The molecular weight excluding hydrogens is 242 g/mol. The molecule has 0 radical (unpaired) electrons. The first-order chi connectivity index (χ1) is 8.83. The Bertz CT molecular complexity index is 488. The molecule has 1 aromatic heterocycles. The van der Waals surface area contributed by atoms with Crippen molar-refractivity contribution in [2.75, 3.05) is 0 Å². The van der Waals surface area contributed by atoms with Gasteiger partial charge in [-0.1, -0.05) is 18.2 Å². The maximum absolute atomic E-state index is 9.26. The fraction of sp³-hybridized carbons (Fsp3) is 0.333. The molecule has 2 N–H and O–H groups in total. The number of aromatic hydroxyl groups is 1. The van der Waals surface area contributed by atoms with Gasteiger partial charge in [-0.15, -0.1) is 11.3 Å². The van der Waals surface area contributed by atoms with Crippen LogP contribution in [0.3, 0.4) is 0 Å². The third-order valence-electron chi connectivity index (χ3n) is 3.41. The molecule has 1 saturated carbocycles. The van der Waals surface area contributed by atoms with Crippen molar-refractivity contribution in [2.24, 2.45) is 5.92 Å². The minimum Gasteiger partial charge on any atom is -0.508 e. The van der Waals surface area contributed by atoms with Crippen molar-refractivity contribution < 1.29 is 5.11 Å². The van der Waals surface area contributed by atoms with Gasteiger partial charge in [-0.05, 0) is 47.9 Å². The Labute approximate surface area is 111 Å². The van der Waals surface area contributed by atoms with Crippen molar-refractivity contribution >= 4 is 11.3 Å². The topological polar surface area (TPSA) is 32.3 Å². The highest BCUT2D eigenvalue weighted by Gasteiger charge is 2.32. The normalized spacial score (nSPS) is 16.7. The zero-order valence-corrected chi connectivity index (χ0v) is 11.0. The summed E-state index contributed by atoms with van der Waals surface area (Å²) >= 11 is 1.83. The number of thiophene rings is 1. The van der Waals surface area contributed by atoms with Crippen LogP contribution in [0.25, 0.3) is 0 Å². The molecule has 1 fully saturated rings. The lowest BCUT2D eigenvalue weighted by Gasteiger charge is -2.17. The summed E-state index contributed by atoms with van der Waals surface area (Å²) in [4.78, 5) is 1.44. The smallest absolute Gasteiger partial charge is 0.115 e. The first-order valence-corrected chi connectivity index (χ1v) is 7.25. The summed E-state index contributed by atoms with van der Waals surface area (Å²) in [5.41, 5.74) is 1.22. The molecule has 0 bridgehead atoms. The van der Waals surface area contributed by atoms with E-state index in [4.69, 9.17) is 0 Å². The van der Waals surface area contributed by atoms with Gasteiger partial charge in [0.1, 0.15) is 5.75 Å². The van der Waals surface area contributed by atoms with Crippen molar-refractivity contribution in [2.45, 2.75) is 25.4 Å². The van der Waals surface area contributed by atoms with E-state index in [0.717, 1.165) is 12.5 Å². The molecule has 0 aliphatic heterocycles. The van der Waals surface area contributed by atoms with E-state index < -0.39 is 0 Å². The molecular formula is C15H17NOS. The first kappa shape index (κ1) is 11.8. The zero-order valence-electron chi connectivity index (χ0n) is 10.2. The number of hydrogen-bond acceptors (Lipinski definition) is 3. The minimum atomic E-state index is 0.329. The minimum absolute atomic E-state index is 0.329. The van der Waals surface area contributed by atoms with Gasteiger partial charge in [0.15, 0.2) is 0 Å². The lowest BCUT2D eigenvalue weighted by atomic mass is 10.1. The van der Waals surface area contributed by atoms with E-state index in [2.05, 4.69) is 22.8 Å². The number of hydrogen-bond donors (Lipinski definition) is 2. The summed E-state index contributed by atoms with van der Waals surface area (Å²) in [5.74, 6) is 1.14. The van der Waals surface area contributed by atoms with Gasteiger partial charge in [-0.3, -0.25) is 0 Å². The second-order valence-electron chi connectivity index (χ2n) is 4.88. The third-order valence-corrected chi connectivity index (χ3v) is 4.36. The van der Waals surface area contributed by atoms with Crippen LogP contribution in [0.2, 0.25) is 0 Å². The van der Waals surface area contributed by atoms with Crippen LogP contribution in [0.1, 0.15) is 29.3 Å². The highest BCUT2D eigenvalue weighted by Crippen LogP contribution is 2.42. The summed E-state index contributed by atoms with van der Waals surface area (Å²) < 4.78 is 0. The van der Waals surface area contributed by atoms with Gasteiger partial charge in [0.05, 0.1) is 0 Å². The summed E-state index contributed by atoms with van der Waals surface area (Å²) in [5, 5.41) is 15.1. The Morgan fingerprint density at radius 3 is 2.61 bits per heavy atom. The highest BCUT2D eigenvalue weighted by molar-refractivity contribution is 7.10. The second-order valence-corrected chi connectivity index (χ2v) is 5.86. The largest absolute Gasteiger partial charge is 0.508 e. The van der Waals surface area contributed by atoms with Gasteiger partial charge in [-0.2, -0.15) is 0 Å². The van der Waals surface area contributed by atoms with Gasteiger partial charge in [-0.25, -0.2) is 0 Å². The fourth-order valence-electron chi connectivity index (χ4n) is 2.24. The predicted molar refractivity (Wildman–Crippen MR) is 74.7 cm³/mol. The van der Waals surface area contributed by atoms with Gasteiger partial charge >= 0.3 is 0 Å². The number of benzene rings is 1. The maximum Gasteiger partial charge on any atom is 0.115 e. The quantitative estimate of drug-likeness (QED) is 0.858. The zero-order chi connectivity index (χ0) is 12.4. The van der Waals surface area contributed by atoms with E-state index in [-0.39, 0.29) is 0 Å². The molecule has 1 heterocycles. The number of phenols is 1. The molecule has 0 spiro atoms. The van der Waals surface area contributed by atoms with Crippen LogP contribution < -0.4 is 5.32 Å². The standard InChI is InChI=1S/C15H17NOS/c17-13-7-3-11(4-8-13)10-16-15(12-5-6-12)14-2-1-9-18-14/h1-4,7-9,12,15-17H,5-6,10H2. The van der Waals surface area contributed by atoms with E-state index in [1.54, 1.807) is 12.1 Å². The van der Waals surface area contributed by atoms with E-state index >= 15 is 0 Å². The van der Waals surface area contributed by atoms with Crippen LogP contribution in [0.5, 0.6) is 5.75 Å². The average molecular weight is 259 g/mol. The van der Waals surface area contributed by atoms with E-state index in [1.807, 2.05) is 23.5 Å². The van der Waals surface area contributed by atoms with E-state index in [0.29, 0.717) is 11.8 Å². The van der Waals surface area contributed by atoms with Crippen molar-refractivity contribution in [3.8, 4) is 5.75 Å². The summed E-state index contributed by atoms with van der Waals surface area (Å²) in [7, 11) is 0. The van der Waals surface area contributed by atoms with Crippen LogP contribution in [-0.2, 0) is 6.54 Å². The van der Waals surface area contributed by atoms with E-state index in [1.165, 1.54) is 23.3 Å². The molecule has 1 aliphatic rings. The van der Waals surface area contributed by atoms with Crippen LogP contribution in [0, 0.1) is 5.92 Å². The lowest BCUT2D eigenvalue weighted by Crippen LogP contribution is -2.21. The van der Waals surface area contributed by atoms with Crippen molar-refractivity contribution in [1.29, 1.82) is 0 Å². The number of nitrogens with one attached hydrogen (secondary N) is 1. The van der Waals surface area contributed by atoms with Crippen LogP contribution in [0.4, 0.5) is 0 Å². The van der Waals surface area contributed by atoms with Crippen molar-refractivity contribution in [1.82, 2.24) is 5.32 Å².